The standard InChI is InChI=1S/C18H21N3O3/c1-13-10-15(19-24-13)12-20(2)18(23)11-14-5-7-16(8-6-14)21-9-3-4-17(21)22/h5-8,10H,3-4,9,11-12H2,1-2H3. The molecule has 126 valence electrons. The maximum absolute atomic E-state index is 12.3. The van der Waals surface area contributed by atoms with Gasteiger partial charge in [-0.05, 0) is 31.0 Å². The van der Waals surface area contributed by atoms with Gasteiger partial charge in [0.05, 0.1) is 13.0 Å². The number of likely N-dealkylation sites (N-methyl/N-ethyl adjacent to an activating group) is 1. The molecule has 1 fully saturated rings. The summed E-state index contributed by atoms with van der Waals surface area (Å²) >= 11 is 0. The fourth-order valence-electron chi connectivity index (χ4n) is 2.85. The minimum Gasteiger partial charge on any atom is -0.361 e. The zero-order valence-electron chi connectivity index (χ0n) is 14.0. The van der Waals surface area contributed by atoms with Crippen molar-refractivity contribution in [3.8, 4) is 0 Å². The fourth-order valence-corrected chi connectivity index (χ4v) is 2.85. The third-order valence-electron chi connectivity index (χ3n) is 4.18. The van der Waals surface area contributed by atoms with Crippen LogP contribution in [0.2, 0.25) is 0 Å². The molecule has 1 aliphatic rings. The van der Waals surface area contributed by atoms with Crippen LogP contribution in [0.15, 0.2) is 34.9 Å². The molecule has 0 aliphatic carbocycles. The first-order valence-electron chi connectivity index (χ1n) is 8.08. The van der Waals surface area contributed by atoms with Crippen LogP contribution in [0.4, 0.5) is 5.69 Å². The summed E-state index contributed by atoms with van der Waals surface area (Å²) in [5.41, 5.74) is 2.57. The second-order valence-corrected chi connectivity index (χ2v) is 6.17. The Morgan fingerprint density at radius 2 is 2.08 bits per heavy atom. The number of carbonyl (C=O) groups is 2. The van der Waals surface area contributed by atoms with Gasteiger partial charge in [0.1, 0.15) is 11.5 Å². The van der Waals surface area contributed by atoms with Crippen molar-refractivity contribution < 1.29 is 14.1 Å². The number of hydrogen-bond donors (Lipinski definition) is 0. The second-order valence-electron chi connectivity index (χ2n) is 6.17. The van der Waals surface area contributed by atoms with Crippen molar-refractivity contribution in [3.05, 3.63) is 47.3 Å². The van der Waals surface area contributed by atoms with E-state index in [0.29, 0.717) is 19.4 Å². The predicted molar refractivity (Wildman–Crippen MR) is 89.4 cm³/mol. The Kier molecular flexibility index (Phi) is 4.64. The summed E-state index contributed by atoms with van der Waals surface area (Å²) in [6.45, 7) is 3.03. The Morgan fingerprint density at radius 3 is 2.67 bits per heavy atom. The van der Waals surface area contributed by atoms with Crippen LogP contribution in [-0.2, 0) is 22.6 Å². The van der Waals surface area contributed by atoms with Crippen molar-refractivity contribution >= 4 is 17.5 Å². The van der Waals surface area contributed by atoms with Gasteiger partial charge in [-0.2, -0.15) is 0 Å². The number of aryl methyl sites for hydroxylation is 1. The minimum absolute atomic E-state index is 0.0145. The molecule has 0 radical (unpaired) electrons. The fraction of sp³-hybridized carbons (Fsp3) is 0.389. The van der Waals surface area contributed by atoms with Gasteiger partial charge in [0, 0.05) is 31.8 Å². The van der Waals surface area contributed by atoms with E-state index in [2.05, 4.69) is 5.16 Å². The lowest BCUT2D eigenvalue weighted by Gasteiger charge is -2.17. The van der Waals surface area contributed by atoms with Gasteiger partial charge in [0.2, 0.25) is 11.8 Å². The second kappa shape index (κ2) is 6.86. The van der Waals surface area contributed by atoms with Gasteiger partial charge in [0.15, 0.2) is 0 Å². The average Bonchev–Trinajstić information content (AvgIpc) is 3.16. The average molecular weight is 327 g/mol. The summed E-state index contributed by atoms with van der Waals surface area (Å²) in [5.74, 6) is 0.917. The topological polar surface area (TPSA) is 66.7 Å². The van der Waals surface area contributed by atoms with E-state index >= 15 is 0 Å². The Balaban J connectivity index is 1.58. The number of anilines is 1. The zero-order valence-corrected chi connectivity index (χ0v) is 14.0. The molecule has 1 aliphatic heterocycles. The van der Waals surface area contributed by atoms with Gasteiger partial charge < -0.3 is 14.3 Å². The van der Waals surface area contributed by atoms with E-state index in [0.717, 1.165) is 35.7 Å². The summed E-state index contributed by atoms with van der Waals surface area (Å²) in [4.78, 5) is 27.5. The lowest BCUT2D eigenvalue weighted by molar-refractivity contribution is -0.129. The van der Waals surface area contributed by atoms with E-state index in [9.17, 15) is 9.59 Å². The van der Waals surface area contributed by atoms with Crippen molar-refractivity contribution in [2.75, 3.05) is 18.5 Å². The van der Waals surface area contributed by atoms with Gasteiger partial charge >= 0.3 is 0 Å². The van der Waals surface area contributed by atoms with Crippen LogP contribution in [0.25, 0.3) is 0 Å². The lowest BCUT2D eigenvalue weighted by Crippen LogP contribution is -2.28. The Hall–Kier alpha value is -2.63. The Bertz CT molecular complexity index is 736. The number of carbonyl (C=O) groups excluding carboxylic acids is 2. The highest BCUT2D eigenvalue weighted by Crippen LogP contribution is 2.21. The zero-order chi connectivity index (χ0) is 17.1. The third-order valence-corrected chi connectivity index (χ3v) is 4.18. The van der Waals surface area contributed by atoms with E-state index in [-0.39, 0.29) is 11.8 Å². The normalized spacial score (nSPS) is 14.2. The van der Waals surface area contributed by atoms with Gasteiger partial charge in [0.25, 0.3) is 0 Å². The quantitative estimate of drug-likeness (QED) is 0.845. The molecule has 0 N–H and O–H groups in total. The molecule has 6 heteroatoms. The summed E-state index contributed by atoms with van der Waals surface area (Å²) in [7, 11) is 1.75. The first-order chi connectivity index (χ1) is 11.5. The van der Waals surface area contributed by atoms with Crippen LogP contribution < -0.4 is 4.90 Å². The molecule has 24 heavy (non-hydrogen) atoms. The molecule has 0 saturated carbocycles. The Labute approximate surface area is 141 Å². The van der Waals surface area contributed by atoms with Crippen LogP contribution in [0.5, 0.6) is 0 Å². The first kappa shape index (κ1) is 16.2. The summed E-state index contributed by atoms with van der Waals surface area (Å²) in [6.07, 6.45) is 1.85. The highest BCUT2D eigenvalue weighted by molar-refractivity contribution is 5.95. The summed E-state index contributed by atoms with van der Waals surface area (Å²) in [6, 6.07) is 9.46. The van der Waals surface area contributed by atoms with Gasteiger partial charge in [-0.1, -0.05) is 17.3 Å². The number of hydrogen-bond acceptors (Lipinski definition) is 4. The van der Waals surface area contributed by atoms with Crippen LogP contribution in [-0.4, -0.2) is 35.5 Å². The monoisotopic (exact) mass is 327 g/mol. The first-order valence-corrected chi connectivity index (χ1v) is 8.08. The van der Waals surface area contributed by atoms with Crippen molar-refractivity contribution in [2.45, 2.75) is 32.7 Å². The number of amides is 2. The van der Waals surface area contributed by atoms with Crippen molar-refractivity contribution in [2.24, 2.45) is 0 Å². The van der Waals surface area contributed by atoms with E-state index in [1.165, 1.54) is 0 Å². The SMILES string of the molecule is Cc1cc(CN(C)C(=O)Cc2ccc(N3CCCC3=O)cc2)no1. The molecule has 2 heterocycles. The molecular weight excluding hydrogens is 306 g/mol. The molecule has 0 unspecified atom stereocenters. The van der Waals surface area contributed by atoms with Gasteiger partial charge in [-0.15, -0.1) is 0 Å². The van der Waals surface area contributed by atoms with Gasteiger partial charge in [-0.3, -0.25) is 9.59 Å². The smallest absolute Gasteiger partial charge is 0.227 e. The molecule has 6 nitrogen and oxygen atoms in total. The van der Waals surface area contributed by atoms with Crippen LogP contribution in [0.3, 0.4) is 0 Å². The molecule has 0 atom stereocenters. The number of rotatable bonds is 5. The highest BCUT2D eigenvalue weighted by atomic mass is 16.5. The number of benzene rings is 1. The molecule has 0 spiro atoms. The summed E-state index contributed by atoms with van der Waals surface area (Å²) in [5, 5.41) is 3.90. The van der Waals surface area contributed by atoms with E-state index in [1.807, 2.05) is 37.3 Å². The molecular formula is C18H21N3O3. The molecule has 2 aromatic rings. The lowest BCUT2D eigenvalue weighted by atomic mass is 10.1. The molecule has 1 aromatic heterocycles. The van der Waals surface area contributed by atoms with E-state index < -0.39 is 0 Å². The largest absolute Gasteiger partial charge is 0.361 e. The van der Waals surface area contributed by atoms with Crippen LogP contribution >= 0.6 is 0 Å². The van der Waals surface area contributed by atoms with Crippen LogP contribution in [0.1, 0.15) is 29.9 Å². The van der Waals surface area contributed by atoms with Crippen molar-refractivity contribution in [3.63, 3.8) is 0 Å². The number of aromatic nitrogens is 1. The van der Waals surface area contributed by atoms with E-state index in [1.54, 1.807) is 16.8 Å². The maximum Gasteiger partial charge on any atom is 0.227 e. The third kappa shape index (κ3) is 3.64. The van der Waals surface area contributed by atoms with E-state index in [4.69, 9.17) is 4.52 Å². The molecule has 2 amide bonds. The highest BCUT2D eigenvalue weighted by Gasteiger charge is 2.21. The van der Waals surface area contributed by atoms with Gasteiger partial charge in [-0.25, -0.2) is 0 Å². The number of nitrogens with zero attached hydrogens (tertiary/aromatic N) is 3. The van der Waals surface area contributed by atoms with Crippen molar-refractivity contribution in [1.29, 1.82) is 0 Å². The molecule has 3 rings (SSSR count). The molecule has 0 bridgehead atoms. The maximum atomic E-state index is 12.3. The van der Waals surface area contributed by atoms with Crippen molar-refractivity contribution in [1.82, 2.24) is 10.1 Å². The molecule has 1 saturated heterocycles. The Morgan fingerprint density at radius 1 is 1.33 bits per heavy atom. The predicted octanol–water partition coefficient (Wildman–Crippen LogP) is 2.31. The molecule has 1 aromatic carbocycles. The summed E-state index contributed by atoms with van der Waals surface area (Å²) < 4.78 is 5.01. The van der Waals surface area contributed by atoms with Crippen LogP contribution in [0, 0.1) is 6.92 Å². The minimum atomic E-state index is 0.0145.